The van der Waals surface area contributed by atoms with Gasteiger partial charge in [-0.25, -0.2) is 0 Å². The van der Waals surface area contributed by atoms with Gasteiger partial charge in [0.15, 0.2) is 0 Å². The molecule has 2 aliphatic heterocycles. The van der Waals surface area contributed by atoms with E-state index < -0.39 is 0 Å². The Balaban J connectivity index is 1.62. The summed E-state index contributed by atoms with van der Waals surface area (Å²) < 4.78 is 5.29. The fourth-order valence-corrected chi connectivity index (χ4v) is 9.36. The van der Waals surface area contributed by atoms with Crippen molar-refractivity contribution in [1.82, 2.24) is 4.90 Å². The molecule has 0 radical (unpaired) electrons. The van der Waals surface area contributed by atoms with Crippen molar-refractivity contribution in [3.05, 3.63) is 11.1 Å². The van der Waals surface area contributed by atoms with Gasteiger partial charge in [0, 0.05) is 30.0 Å². The Morgan fingerprint density at radius 2 is 2.04 bits per heavy atom. The van der Waals surface area contributed by atoms with E-state index >= 15 is 0 Å². The number of esters is 1. The Morgan fingerprint density at radius 1 is 1.26 bits per heavy atom. The van der Waals surface area contributed by atoms with Crippen LogP contribution >= 0.6 is 0 Å². The summed E-state index contributed by atoms with van der Waals surface area (Å²) in [6.45, 7) is 7.12. The number of allylic oxidation sites excluding steroid dienone is 1. The minimum Gasteiger partial charge on any atom is -0.469 e. The summed E-state index contributed by atoms with van der Waals surface area (Å²) in [6, 6.07) is 0.524. The number of aliphatic hydroxyl groups excluding tert-OH is 1. The summed E-state index contributed by atoms with van der Waals surface area (Å²) in [6.07, 6.45) is 6.32. The second kappa shape index (κ2) is 5.18. The molecule has 0 unspecified atom stereocenters. The van der Waals surface area contributed by atoms with E-state index in [0.717, 1.165) is 25.8 Å². The van der Waals surface area contributed by atoms with Gasteiger partial charge in [-0.1, -0.05) is 25.0 Å². The first-order valence-electron chi connectivity index (χ1n) is 11.2. The average molecular weight is 372 g/mol. The molecule has 0 amide bonds. The first-order chi connectivity index (χ1) is 12.9. The summed E-state index contributed by atoms with van der Waals surface area (Å²) in [5, 5.41) is 11.6. The molecule has 0 aromatic rings. The third kappa shape index (κ3) is 1.69. The van der Waals surface area contributed by atoms with Gasteiger partial charge < -0.3 is 9.84 Å². The van der Waals surface area contributed by atoms with Crippen LogP contribution in [-0.4, -0.2) is 48.3 Å². The van der Waals surface area contributed by atoms with Gasteiger partial charge in [0.2, 0.25) is 0 Å². The van der Waals surface area contributed by atoms with E-state index in [9.17, 15) is 9.90 Å². The molecule has 148 valence electrons. The Labute approximate surface area is 162 Å². The second-order valence-electron chi connectivity index (χ2n) is 10.8. The first-order valence-corrected chi connectivity index (χ1v) is 11.2. The summed E-state index contributed by atoms with van der Waals surface area (Å²) in [7, 11) is 1.55. The van der Waals surface area contributed by atoms with E-state index in [4.69, 9.17) is 4.74 Å². The van der Waals surface area contributed by atoms with Gasteiger partial charge in [0.1, 0.15) is 0 Å². The number of nitrogens with zero attached hydrogens (tertiary/aromatic N) is 1. The minimum atomic E-state index is -0.240. The zero-order chi connectivity index (χ0) is 18.7. The Kier molecular flexibility index (Phi) is 3.27. The number of aliphatic hydroxyl groups is 1. The van der Waals surface area contributed by atoms with Gasteiger partial charge in [-0.3, -0.25) is 9.69 Å². The summed E-state index contributed by atoms with van der Waals surface area (Å²) in [5.74, 6) is 2.11. The Morgan fingerprint density at radius 3 is 2.81 bits per heavy atom. The molecule has 6 aliphatic rings. The van der Waals surface area contributed by atoms with Crippen LogP contribution in [-0.2, 0) is 9.53 Å². The van der Waals surface area contributed by atoms with E-state index in [1.54, 1.807) is 18.3 Å². The molecule has 0 aromatic heterocycles. The predicted octanol–water partition coefficient (Wildman–Crippen LogP) is 3.00. The van der Waals surface area contributed by atoms with Gasteiger partial charge in [-0.15, -0.1) is 0 Å². The largest absolute Gasteiger partial charge is 0.469 e. The molecule has 27 heavy (non-hydrogen) atoms. The van der Waals surface area contributed by atoms with Crippen LogP contribution < -0.4 is 0 Å². The number of carbonyl (C=O) groups is 1. The number of rotatable bonds is 1. The normalized spacial score (nSPS) is 55.5. The molecule has 6 rings (SSSR count). The van der Waals surface area contributed by atoms with Crippen LogP contribution in [0.1, 0.15) is 52.4 Å². The average Bonchev–Trinajstić information content (AvgIpc) is 3.28. The summed E-state index contributed by atoms with van der Waals surface area (Å²) in [5.41, 5.74) is 3.20. The van der Waals surface area contributed by atoms with E-state index in [2.05, 4.69) is 18.7 Å². The van der Waals surface area contributed by atoms with Crippen LogP contribution in [0.2, 0.25) is 0 Å². The maximum absolute atomic E-state index is 12.8. The molecular formula is C23H33NO3. The zero-order valence-corrected chi connectivity index (χ0v) is 16.9. The van der Waals surface area contributed by atoms with Crippen molar-refractivity contribution in [2.24, 2.45) is 40.4 Å². The molecule has 4 heteroatoms. The molecule has 4 fully saturated rings. The smallest absolute Gasteiger partial charge is 0.309 e. The number of hydrogen-bond donors (Lipinski definition) is 1. The van der Waals surface area contributed by atoms with Crippen molar-refractivity contribution >= 4 is 5.97 Å². The quantitative estimate of drug-likeness (QED) is 0.569. The fraction of sp³-hybridized carbons (Fsp3) is 0.870. The molecule has 1 N–H and O–H groups in total. The van der Waals surface area contributed by atoms with Gasteiger partial charge in [-0.05, 0) is 62.2 Å². The lowest BCUT2D eigenvalue weighted by Crippen LogP contribution is -2.70. The van der Waals surface area contributed by atoms with Crippen LogP contribution in [0.15, 0.2) is 11.1 Å². The first kappa shape index (κ1) is 17.0. The van der Waals surface area contributed by atoms with E-state index in [1.807, 2.05) is 0 Å². The molecule has 4 aliphatic carbocycles. The highest BCUT2D eigenvalue weighted by Crippen LogP contribution is 2.76. The monoisotopic (exact) mass is 371 g/mol. The molecule has 0 aromatic carbocycles. The highest BCUT2D eigenvalue weighted by molar-refractivity contribution is 5.75. The fourth-order valence-electron chi connectivity index (χ4n) is 9.36. The topological polar surface area (TPSA) is 49.8 Å². The maximum atomic E-state index is 12.8. The highest BCUT2D eigenvalue weighted by atomic mass is 16.5. The van der Waals surface area contributed by atoms with E-state index in [-0.39, 0.29) is 28.8 Å². The van der Waals surface area contributed by atoms with Crippen molar-refractivity contribution < 1.29 is 14.6 Å². The van der Waals surface area contributed by atoms with Gasteiger partial charge in [-0.2, -0.15) is 0 Å². The number of hydrogen-bond acceptors (Lipinski definition) is 4. The van der Waals surface area contributed by atoms with E-state index in [0.29, 0.717) is 29.7 Å². The predicted molar refractivity (Wildman–Crippen MR) is 102 cm³/mol. The molecule has 2 saturated heterocycles. The maximum Gasteiger partial charge on any atom is 0.309 e. The van der Waals surface area contributed by atoms with Crippen molar-refractivity contribution in [2.45, 2.75) is 64.5 Å². The number of piperidine rings is 1. The van der Waals surface area contributed by atoms with Crippen LogP contribution in [0.5, 0.6) is 0 Å². The number of carbonyl (C=O) groups excluding carboxylic acids is 1. The molecular weight excluding hydrogens is 338 g/mol. The van der Waals surface area contributed by atoms with Gasteiger partial charge >= 0.3 is 5.97 Å². The molecule has 1 spiro atoms. The van der Waals surface area contributed by atoms with Crippen molar-refractivity contribution in [1.29, 1.82) is 0 Å². The highest BCUT2D eigenvalue weighted by Gasteiger charge is 2.76. The zero-order valence-electron chi connectivity index (χ0n) is 16.9. The standard InChI is InChI=1S/C23H33NO3/c1-12-10-24-11-14-6-4-13-5-7-15-17(21(26)27-3)9-23(19(13)15)20(24)16(12)8-18(25)22(14,23)2/h12,14-18,20,25H,4-11H2,1-3H3/t12-,14-,15-,16-,17-,18+,20+,22-,23+/m1/s1. The summed E-state index contributed by atoms with van der Waals surface area (Å²) >= 11 is 0. The van der Waals surface area contributed by atoms with Crippen LogP contribution in [0.25, 0.3) is 0 Å². The van der Waals surface area contributed by atoms with Gasteiger partial charge in [0.05, 0.1) is 19.1 Å². The molecule has 9 atom stereocenters. The third-order valence-corrected chi connectivity index (χ3v) is 10.3. The van der Waals surface area contributed by atoms with Crippen molar-refractivity contribution in [3.8, 4) is 0 Å². The lowest BCUT2D eigenvalue weighted by Gasteiger charge is -2.67. The second-order valence-corrected chi connectivity index (χ2v) is 10.8. The molecule has 4 bridgehead atoms. The lowest BCUT2D eigenvalue weighted by molar-refractivity contribution is -0.200. The van der Waals surface area contributed by atoms with Gasteiger partial charge in [0.25, 0.3) is 0 Å². The van der Waals surface area contributed by atoms with Crippen molar-refractivity contribution in [3.63, 3.8) is 0 Å². The van der Waals surface area contributed by atoms with Crippen molar-refractivity contribution in [2.75, 3.05) is 20.2 Å². The van der Waals surface area contributed by atoms with Crippen LogP contribution in [0.3, 0.4) is 0 Å². The Bertz CT molecular complexity index is 746. The number of ether oxygens (including phenoxy) is 1. The lowest BCUT2D eigenvalue weighted by atomic mass is 9.43. The molecule has 4 nitrogen and oxygen atoms in total. The Hall–Kier alpha value is -0.870. The van der Waals surface area contributed by atoms with Crippen LogP contribution in [0.4, 0.5) is 0 Å². The SMILES string of the molecule is COC(=O)[C@@H]1C[C@@]23C4=C(CC[C@@H]5CN6C[C@@H](C)[C@@H](C[C@H](O)[C@@]52C)[C@H]63)CC[C@@H]41. The van der Waals surface area contributed by atoms with Crippen LogP contribution in [0, 0.1) is 40.4 Å². The molecule has 2 heterocycles. The van der Waals surface area contributed by atoms with E-state index in [1.165, 1.54) is 25.8 Å². The third-order valence-electron chi connectivity index (χ3n) is 10.3. The summed E-state index contributed by atoms with van der Waals surface area (Å²) in [4.78, 5) is 15.6. The minimum absolute atomic E-state index is 0.00220. The molecule has 2 saturated carbocycles. The number of methoxy groups -OCH3 is 1.